The molecule has 0 aliphatic rings. The molecule has 3 rings (SSSR count). The van der Waals surface area contributed by atoms with E-state index in [4.69, 9.17) is 4.74 Å². The summed E-state index contributed by atoms with van der Waals surface area (Å²) >= 11 is 0. The molecule has 3 N–H and O–H groups in total. The van der Waals surface area contributed by atoms with Crippen molar-refractivity contribution in [2.24, 2.45) is 5.10 Å². The molecule has 0 radical (unpaired) electrons. The molecule has 0 aromatic heterocycles. The number of hydrogen-bond acceptors (Lipinski definition) is 5. The zero-order chi connectivity index (χ0) is 24.5. The molecule has 0 spiro atoms. The summed E-state index contributed by atoms with van der Waals surface area (Å²) in [6.07, 6.45) is 1.37. The number of benzene rings is 3. The summed E-state index contributed by atoms with van der Waals surface area (Å²) < 4.78 is 18.3. The molecular formula is C25H23FN4O4. The number of nitrogens with one attached hydrogen (secondary N) is 3. The minimum Gasteiger partial charge on any atom is -0.484 e. The Bertz CT molecular complexity index is 1210. The molecule has 3 aromatic rings. The van der Waals surface area contributed by atoms with Crippen LogP contribution in [-0.2, 0) is 14.4 Å². The van der Waals surface area contributed by atoms with Crippen LogP contribution in [0.2, 0.25) is 0 Å². The van der Waals surface area contributed by atoms with Crippen molar-refractivity contribution in [2.45, 2.75) is 13.8 Å². The van der Waals surface area contributed by atoms with Crippen LogP contribution in [-0.4, -0.2) is 30.5 Å². The Kier molecular flexibility index (Phi) is 8.07. The van der Waals surface area contributed by atoms with Gasteiger partial charge in [-0.2, -0.15) is 5.10 Å². The summed E-state index contributed by atoms with van der Waals surface area (Å²) in [5.41, 5.74) is 5.87. The molecule has 0 saturated heterocycles. The molecule has 34 heavy (non-hydrogen) atoms. The van der Waals surface area contributed by atoms with E-state index in [0.29, 0.717) is 22.7 Å². The quantitative estimate of drug-likeness (QED) is 0.283. The molecule has 174 valence electrons. The van der Waals surface area contributed by atoms with Gasteiger partial charge in [-0.1, -0.05) is 6.07 Å². The van der Waals surface area contributed by atoms with E-state index < -0.39 is 17.6 Å². The van der Waals surface area contributed by atoms with Crippen molar-refractivity contribution in [1.82, 2.24) is 5.43 Å². The van der Waals surface area contributed by atoms with Crippen LogP contribution in [0.3, 0.4) is 0 Å². The van der Waals surface area contributed by atoms with Crippen molar-refractivity contribution < 1.29 is 23.5 Å². The van der Waals surface area contributed by atoms with E-state index in [1.54, 1.807) is 36.4 Å². The summed E-state index contributed by atoms with van der Waals surface area (Å²) in [6.45, 7) is 3.64. The fourth-order valence-corrected chi connectivity index (χ4v) is 2.75. The highest BCUT2D eigenvalue weighted by Crippen LogP contribution is 2.14. The molecular weight excluding hydrogens is 439 g/mol. The molecule has 0 unspecified atom stereocenters. The first-order chi connectivity index (χ1) is 16.3. The van der Waals surface area contributed by atoms with Gasteiger partial charge in [0.05, 0.1) is 6.21 Å². The normalized spacial score (nSPS) is 10.6. The average molecular weight is 462 g/mol. The minimum absolute atomic E-state index is 0.226. The summed E-state index contributed by atoms with van der Waals surface area (Å²) in [6, 6.07) is 17.3. The van der Waals surface area contributed by atoms with Gasteiger partial charge in [0.15, 0.2) is 6.61 Å². The lowest BCUT2D eigenvalue weighted by molar-refractivity contribution is -0.136. The third-order valence-electron chi connectivity index (χ3n) is 4.73. The summed E-state index contributed by atoms with van der Waals surface area (Å²) in [7, 11) is 0. The van der Waals surface area contributed by atoms with Crippen LogP contribution in [0.25, 0.3) is 0 Å². The number of nitrogens with zero attached hydrogens (tertiary/aromatic N) is 1. The Morgan fingerprint density at radius 1 is 0.853 bits per heavy atom. The molecule has 0 bridgehead atoms. The molecule has 8 nitrogen and oxygen atoms in total. The zero-order valence-electron chi connectivity index (χ0n) is 18.6. The number of aryl methyl sites for hydroxylation is 2. The van der Waals surface area contributed by atoms with Gasteiger partial charge in [-0.25, -0.2) is 9.82 Å². The molecule has 3 amide bonds. The highest BCUT2D eigenvalue weighted by Gasteiger charge is 2.13. The average Bonchev–Trinajstić information content (AvgIpc) is 2.82. The maximum Gasteiger partial charge on any atom is 0.329 e. The number of hydrogen-bond donors (Lipinski definition) is 3. The van der Waals surface area contributed by atoms with E-state index in [0.717, 1.165) is 11.1 Å². The monoisotopic (exact) mass is 462 g/mol. The molecule has 0 aliphatic heterocycles. The van der Waals surface area contributed by atoms with E-state index >= 15 is 0 Å². The fraction of sp³-hybridized carbons (Fsp3) is 0.120. The van der Waals surface area contributed by atoms with Gasteiger partial charge in [-0.05, 0) is 91.2 Å². The molecule has 0 saturated carbocycles. The lowest BCUT2D eigenvalue weighted by Crippen LogP contribution is -2.32. The Morgan fingerprint density at radius 2 is 1.53 bits per heavy atom. The predicted molar refractivity (Wildman–Crippen MR) is 127 cm³/mol. The summed E-state index contributed by atoms with van der Waals surface area (Å²) in [4.78, 5) is 35.8. The van der Waals surface area contributed by atoms with Crippen LogP contribution in [0.15, 0.2) is 71.8 Å². The Hall–Kier alpha value is -4.53. The first kappa shape index (κ1) is 24.1. The first-order valence-electron chi connectivity index (χ1n) is 10.3. The summed E-state index contributed by atoms with van der Waals surface area (Å²) in [5, 5.41) is 8.89. The fourth-order valence-electron chi connectivity index (χ4n) is 2.75. The molecule has 0 fully saturated rings. The minimum atomic E-state index is -0.901. The van der Waals surface area contributed by atoms with E-state index in [9.17, 15) is 18.8 Å². The second kappa shape index (κ2) is 11.4. The smallest absolute Gasteiger partial charge is 0.329 e. The van der Waals surface area contributed by atoms with Gasteiger partial charge >= 0.3 is 11.8 Å². The van der Waals surface area contributed by atoms with Crippen LogP contribution in [0.4, 0.5) is 15.8 Å². The second-order valence-corrected chi connectivity index (χ2v) is 7.37. The lowest BCUT2D eigenvalue weighted by atomic mass is 10.1. The highest BCUT2D eigenvalue weighted by molar-refractivity contribution is 6.39. The van der Waals surface area contributed by atoms with E-state index in [1.807, 2.05) is 19.9 Å². The van der Waals surface area contributed by atoms with Gasteiger partial charge in [-0.15, -0.1) is 0 Å². The van der Waals surface area contributed by atoms with Gasteiger partial charge < -0.3 is 15.4 Å². The number of halogens is 1. The highest BCUT2D eigenvalue weighted by atomic mass is 19.1. The van der Waals surface area contributed by atoms with E-state index in [1.165, 1.54) is 30.5 Å². The van der Waals surface area contributed by atoms with Crippen molar-refractivity contribution >= 4 is 35.3 Å². The van der Waals surface area contributed by atoms with Crippen LogP contribution in [0.5, 0.6) is 5.75 Å². The van der Waals surface area contributed by atoms with Crippen molar-refractivity contribution in [3.8, 4) is 5.75 Å². The van der Waals surface area contributed by atoms with Gasteiger partial charge in [0.1, 0.15) is 11.6 Å². The van der Waals surface area contributed by atoms with Crippen LogP contribution < -0.4 is 20.8 Å². The Labute approximate surface area is 195 Å². The molecule has 0 aliphatic carbocycles. The third kappa shape index (κ3) is 7.27. The first-order valence-corrected chi connectivity index (χ1v) is 10.3. The zero-order valence-corrected chi connectivity index (χ0v) is 18.6. The van der Waals surface area contributed by atoms with Crippen LogP contribution in [0, 0.1) is 19.7 Å². The molecule has 3 aromatic carbocycles. The number of amides is 3. The molecule has 0 heterocycles. The van der Waals surface area contributed by atoms with E-state index in [2.05, 4.69) is 21.2 Å². The maximum absolute atomic E-state index is 12.9. The van der Waals surface area contributed by atoms with Gasteiger partial charge in [0.2, 0.25) is 0 Å². The van der Waals surface area contributed by atoms with Crippen LogP contribution in [0.1, 0.15) is 16.7 Å². The van der Waals surface area contributed by atoms with Crippen molar-refractivity contribution in [1.29, 1.82) is 0 Å². The lowest BCUT2D eigenvalue weighted by Gasteiger charge is -2.08. The number of carbonyl (C=O) groups excluding carboxylic acids is 3. The predicted octanol–water partition coefficient (Wildman–Crippen LogP) is 3.55. The summed E-state index contributed by atoms with van der Waals surface area (Å²) in [5.74, 6) is -2.06. The Balaban J connectivity index is 1.43. The molecule has 0 atom stereocenters. The number of carbonyl (C=O) groups is 3. The van der Waals surface area contributed by atoms with Crippen LogP contribution >= 0.6 is 0 Å². The van der Waals surface area contributed by atoms with Gasteiger partial charge in [0.25, 0.3) is 5.91 Å². The third-order valence-corrected chi connectivity index (χ3v) is 4.73. The maximum atomic E-state index is 12.9. The van der Waals surface area contributed by atoms with E-state index in [-0.39, 0.29) is 12.5 Å². The standard InChI is InChI=1S/C25H23FN4O4/c1-16-3-8-21(13-17(16)2)29-24(32)25(33)30-27-14-18-4-11-22(12-5-18)34-15-23(31)28-20-9-6-19(26)7-10-20/h3-14H,15H2,1-2H3,(H,28,31)(H,29,32)(H,30,33)/b27-14-. The molecule has 9 heteroatoms. The van der Waals surface area contributed by atoms with Crippen molar-refractivity contribution in [3.63, 3.8) is 0 Å². The number of hydrazone groups is 1. The Morgan fingerprint density at radius 3 is 2.21 bits per heavy atom. The van der Waals surface area contributed by atoms with Gasteiger partial charge in [0, 0.05) is 11.4 Å². The van der Waals surface area contributed by atoms with Crippen molar-refractivity contribution in [2.75, 3.05) is 17.2 Å². The SMILES string of the molecule is Cc1ccc(NC(=O)C(=O)N/N=C\c2ccc(OCC(=O)Nc3ccc(F)cc3)cc2)cc1C. The largest absolute Gasteiger partial charge is 0.484 e. The van der Waals surface area contributed by atoms with Gasteiger partial charge in [-0.3, -0.25) is 14.4 Å². The number of rotatable bonds is 7. The second-order valence-electron chi connectivity index (χ2n) is 7.37. The number of anilines is 2. The topological polar surface area (TPSA) is 109 Å². The number of ether oxygens (including phenoxy) is 1. The van der Waals surface area contributed by atoms with Crippen molar-refractivity contribution in [3.05, 3.63) is 89.2 Å².